The number of allylic oxidation sites excluding steroid dienone is 1. The minimum Gasteiger partial charge on any atom is -0.435 e. The molecule has 3 aromatic heterocycles. The van der Waals surface area contributed by atoms with Gasteiger partial charge in [0.05, 0.1) is 42.6 Å². The molecule has 14 aliphatic heterocycles. The highest BCUT2D eigenvalue weighted by Gasteiger charge is 2.73. The van der Waals surface area contributed by atoms with Crippen LogP contribution < -0.4 is 42.6 Å². The van der Waals surface area contributed by atoms with Gasteiger partial charge in [-0.15, -0.1) is 0 Å². The molecule has 0 radical (unpaired) electrons. The Hall–Kier alpha value is -8.52. The summed E-state index contributed by atoms with van der Waals surface area (Å²) in [7, 11) is 0. The average Bonchev–Trinajstić information content (AvgIpc) is 1.69. The second kappa shape index (κ2) is 37.6. The Morgan fingerprint density at radius 1 is 0.473 bits per heavy atom. The van der Waals surface area contributed by atoms with E-state index in [1.807, 2.05) is 74.5 Å². The molecule has 3 aliphatic carbocycles. The molecule has 6 amide bonds. The highest BCUT2D eigenvalue weighted by Crippen LogP contribution is 2.65. The van der Waals surface area contributed by atoms with Crippen LogP contribution in [-0.2, 0) is 123 Å². The van der Waals surface area contributed by atoms with E-state index in [1.165, 1.54) is 0 Å². The van der Waals surface area contributed by atoms with Crippen molar-refractivity contribution in [3.8, 4) is 0 Å². The smallest absolute Gasteiger partial charge is 0.308 e. The topological polar surface area (TPSA) is 424 Å². The Morgan fingerprint density at radius 3 is 1.32 bits per heavy atom. The third-order valence-electron chi connectivity index (χ3n) is 32.2. The van der Waals surface area contributed by atoms with Gasteiger partial charge in [0.15, 0.2) is 35.7 Å². The zero-order valence-corrected chi connectivity index (χ0v) is 78.2. The van der Waals surface area contributed by atoms with Crippen molar-refractivity contribution in [1.82, 2.24) is 46.9 Å². The molecule has 17 heterocycles. The van der Waals surface area contributed by atoms with Gasteiger partial charge in [-0.3, -0.25) is 48.1 Å². The van der Waals surface area contributed by atoms with Gasteiger partial charge < -0.3 is 89.5 Å². The fourth-order valence-corrected chi connectivity index (χ4v) is 24.8. The molecule has 17 aliphatic rings. The summed E-state index contributed by atoms with van der Waals surface area (Å²) in [6.07, 6.45) is 9.67. The predicted molar refractivity (Wildman–Crippen MR) is 471 cm³/mol. The molecule has 12 saturated heterocycles. The molecule has 131 heavy (non-hydrogen) atoms. The number of amides is 6. The fourth-order valence-electron chi connectivity index (χ4n) is 24.8. The lowest BCUT2D eigenvalue weighted by Gasteiger charge is -2.59. The Labute approximate surface area is 763 Å². The third kappa shape index (κ3) is 17.9. The number of H-pyrrole nitrogens is 3. The predicted octanol–water partition coefficient (Wildman–Crippen LogP) is 9.51. The Kier molecular flexibility index (Phi) is 27.1. The summed E-state index contributed by atoms with van der Waals surface area (Å²) < 4.78 is 56.8. The van der Waals surface area contributed by atoms with E-state index in [0.29, 0.717) is 77.4 Å². The van der Waals surface area contributed by atoms with E-state index in [-0.39, 0.29) is 168 Å². The van der Waals surface area contributed by atoms with E-state index in [0.717, 1.165) is 102 Å². The van der Waals surface area contributed by atoms with Gasteiger partial charge in [0, 0.05) is 183 Å². The number of aromatic nitrogens is 3. The van der Waals surface area contributed by atoms with Crippen molar-refractivity contribution in [3.63, 3.8) is 0 Å². The second-order valence-corrected chi connectivity index (χ2v) is 40.4. The number of esters is 3. The second-order valence-electron chi connectivity index (χ2n) is 40.4. The first kappa shape index (κ1) is 94.3. The van der Waals surface area contributed by atoms with Crippen LogP contribution in [0.4, 0.5) is 0 Å². The summed E-state index contributed by atoms with van der Waals surface area (Å²) in [6.45, 7) is 32.3. The number of aliphatic imine (C=N–C) groups is 1. The van der Waals surface area contributed by atoms with Gasteiger partial charge in [-0.25, -0.2) is 29.3 Å². The largest absolute Gasteiger partial charge is 0.435 e. The number of hydrogen-bond donors (Lipinski definition) is 9. The first-order valence-electron chi connectivity index (χ1n) is 48.2. The Balaban J connectivity index is 0.583. The molecule has 26 atom stereocenters. The molecule has 3 aromatic rings. The summed E-state index contributed by atoms with van der Waals surface area (Å²) in [5.74, 6) is -8.27. The van der Waals surface area contributed by atoms with Crippen molar-refractivity contribution >= 4 is 82.9 Å². The number of carbonyl (C=O) groups excluding carboxylic acids is 9. The van der Waals surface area contributed by atoms with E-state index in [9.17, 15) is 33.6 Å². The minimum absolute atomic E-state index is 0.0286. The van der Waals surface area contributed by atoms with Gasteiger partial charge in [0.1, 0.15) is 0 Å². The molecule has 3 saturated carbocycles. The number of fused-ring (bicyclic) bond motifs is 13. The quantitative estimate of drug-likeness (QED) is 0.0135. The molecular formula is C97H134N10O24. The fraction of sp³-hybridized carbons (Fsp3) is 0.711. The lowest BCUT2D eigenvalue weighted by Crippen LogP contribution is -2.70. The van der Waals surface area contributed by atoms with E-state index in [4.69, 9.17) is 76.9 Å². The zero-order valence-electron chi connectivity index (χ0n) is 78.2. The van der Waals surface area contributed by atoms with Crippen LogP contribution in [0.25, 0.3) is 23.8 Å². The molecule has 716 valence electrons. The van der Waals surface area contributed by atoms with Gasteiger partial charge >= 0.3 is 17.9 Å². The van der Waals surface area contributed by atoms with Crippen molar-refractivity contribution in [3.05, 3.63) is 79.1 Å². The van der Waals surface area contributed by atoms with Crippen LogP contribution in [0.2, 0.25) is 0 Å². The van der Waals surface area contributed by atoms with Crippen molar-refractivity contribution in [2.75, 3.05) is 39.3 Å². The Bertz CT molecular complexity index is 5130. The summed E-state index contributed by atoms with van der Waals surface area (Å²) in [4.78, 5) is 180. The molecule has 0 unspecified atom stereocenters. The number of rotatable bonds is 29. The van der Waals surface area contributed by atoms with Gasteiger partial charge in [-0.2, -0.15) is 0 Å². The van der Waals surface area contributed by atoms with Crippen LogP contribution in [0.15, 0.2) is 17.3 Å². The lowest BCUT2D eigenvalue weighted by molar-refractivity contribution is -0.576. The van der Waals surface area contributed by atoms with E-state index in [1.54, 1.807) is 0 Å². The van der Waals surface area contributed by atoms with Crippen LogP contribution in [0.3, 0.4) is 0 Å². The molecule has 0 aromatic carbocycles. The zero-order chi connectivity index (χ0) is 92.7. The third-order valence-corrected chi connectivity index (χ3v) is 32.2. The maximum Gasteiger partial charge on any atom is 0.308 e. The number of hydrogen-bond acceptors (Lipinski definition) is 25. The summed E-state index contributed by atoms with van der Waals surface area (Å²) in [6, 6.07) is 0. The van der Waals surface area contributed by atoms with Crippen molar-refractivity contribution in [2.24, 2.45) is 87.8 Å². The van der Waals surface area contributed by atoms with Crippen LogP contribution in [0.1, 0.15) is 272 Å². The maximum atomic E-state index is 15.5. The molecule has 34 nitrogen and oxygen atoms in total. The minimum atomic E-state index is -1.02. The van der Waals surface area contributed by atoms with Crippen LogP contribution in [-0.4, -0.2) is 185 Å². The first-order chi connectivity index (χ1) is 62.6. The first-order valence-corrected chi connectivity index (χ1v) is 48.2. The standard InChI is InChI=1S/C97H134N10O24/c1-16-58-51(6)68-45-70-53(8)60(21-25-74(108)98-38-39-99-75(109)26-29-79(113)117-86-54(9)65-22-18-48(3)62-32-35-92(13)123-89(120-86)95(62,65)129-126-92)83(106-70)61(44-78(112)102-41-40-100-76(110)27-30-80(114)118-87-55(10)66-23-19-49(4)63-33-36-93(14)124-90(121-87)96(63,66)130-127-93)84-82(57(12)71(107-84)47-73-59(17-2)52(7)69(105-73)46-72(58)104-68)85(116)103-43-42-101-77(111)28-31-81(115)119-88-56(11)67-24-20-50(5)64-34-37-94(15)125-91(122-88)97(64,67)131-128-94/h16,45-46,48-50,53-56,60,62-67,86-91,104-105,107H,1,17-44,47H2,2-15H3,(H,98,108)(H,99,109)(H,100,110)(H,101,111)(H,102,112)(H,103,116)/t48-,49-,50-,53+,54-,55-,56-,60+,62+,63+,64+,65+,66+,67+,86-,87-,88-,89-,90-,91-,92-,93-,94-,95-,96-,97-/m1/s1. The maximum absolute atomic E-state index is 15.5. The molecule has 14 bridgehead atoms. The van der Waals surface area contributed by atoms with Gasteiger partial charge in [0.2, 0.25) is 65.8 Å². The SMILES string of the molecule is C=Cc1c(C)c2[nH]c1=Cc1[nH]c(c(CC)c1C)Cc1[nH]c(c(C(=O)NCCNC(=O)CCC(=O)O[C@@H]3O[C@@H]4O[C@@]5(C)CC[C@H]6[C@H](C)CC[C@@H]([C@H]3C)[C@@]46OO5)c1C)C(CC(=O)NCCNC(=O)CCC(=O)O[C@@H]1O[C@@H]3O[C@@]4(C)CC[C@H]5[C@H](C)CC[C@@H]([C@H]1C)[C@@]35OO4)=C1N=C(C=2)[C@@H](C)[C@@H]1CCC(=O)NCCNC(=O)CCC(=O)O[C@@H]1O[C@@H]2O[C@@]3(C)CC[C@H]4[C@H](C)CC[C@@H]([C@H]1C)[C@@]24OO3. The molecule has 3 spiro atoms. The number of nitrogens with zero attached hydrogens (tertiary/aromatic N) is 1. The van der Waals surface area contributed by atoms with Crippen LogP contribution in [0, 0.1) is 104 Å². The monoisotopic (exact) mass is 1820 g/mol. The van der Waals surface area contributed by atoms with Crippen LogP contribution >= 0.6 is 0 Å². The molecular weight excluding hydrogens is 1690 g/mol. The van der Waals surface area contributed by atoms with E-state index < -0.39 is 131 Å². The summed E-state index contributed by atoms with van der Waals surface area (Å²) in [5.41, 5.74) is 6.20. The van der Waals surface area contributed by atoms with Crippen molar-refractivity contribution < 1.29 is 115 Å². The lowest BCUT2D eigenvalue weighted by atomic mass is 9.58. The number of aromatic amines is 3. The normalized spacial score (nSPS) is 36.7. The molecule has 34 heteroatoms. The van der Waals surface area contributed by atoms with Gasteiger partial charge in [0.25, 0.3) is 5.91 Å². The van der Waals surface area contributed by atoms with Gasteiger partial charge in [-0.1, -0.05) is 68.0 Å². The Morgan fingerprint density at radius 2 is 0.893 bits per heavy atom. The van der Waals surface area contributed by atoms with Crippen molar-refractivity contribution in [1.29, 1.82) is 0 Å². The average molecular weight is 1820 g/mol. The van der Waals surface area contributed by atoms with E-state index >= 15 is 9.59 Å². The summed E-state index contributed by atoms with van der Waals surface area (Å²) in [5, 5.41) is 19.1. The molecule has 20 rings (SSSR count). The number of carbonyl (C=O) groups is 9. The van der Waals surface area contributed by atoms with Gasteiger partial charge in [-0.05, 0) is 182 Å². The highest BCUT2D eigenvalue weighted by molar-refractivity contribution is 6.14. The molecule has 15 fully saturated rings. The van der Waals surface area contributed by atoms with Crippen LogP contribution in [0.5, 0.6) is 0 Å². The van der Waals surface area contributed by atoms with Crippen molar-refractivity contribution in [2.45, 2.75) is 317 Å². The number of ether oxygens (including phenoxy) is 9. The summed E-state index contributed by atoms with van der Waals surface area (Å²) >= 11 is 0. The number of nitrogens with one attached hydrogen (secondary N) is 9. The van der Waals surface area contributed by atoms with E-state index in [2.05, 4.69) is 94.1 Å². The highest BCUT2D eigenvalue weighted by atomic mass is 17.3. The molecule has 9 N–H and O–H groups in total.